The molecule has 3 unspecified atom stereocenters. The molecule has 11 nitrogen and oxygen atoms in total. The molecule has 0 aliphatic carbocycles. The van der Waals surface area contributed by atoms with Crippen molar-refractivity contribution in [1.29, 1.82) is 0 Å². The molecule has 0 bridgehead atoms. The Morgan fingerprint density at radius 2 is 2.00 bits per heavy atom. The second-order valence-electron chi connectivity index (χ2n) is 6.16. The Morgan fingerprint density at radius 1 is 1.35 bits per heavy atom. The molecule has 1 aliphatic heterocycles. The molecule has 0 aromatic heterocycles. The molecule has 0 radical (unpaired) electrons. The SMILES string of the molecule is CNCC(=O)NC(CCC(N)=O)C(=O)NC1CC(C)N(CC(=O)O)C1=O. The van der Waals surface area contributed by atoms with E-state index in [1.165, 1.54) is 4.90 Å². The van der Waals surface area contributed by atoms with Crippen LogP contribution in [0.3, 0.4) is 0 Å². The van der Waals surface area contributed by atoms with Gasteiger partial charge in [-0.25, -0.2) is 0 Å². The highest BCUT2D eigenvalue weighted by Gasteiger charge is 2.39. The number of carbonyl (C=O) groups excluding carboxylic acids is 4. The number of aliphatic carboxylic acids is 1. The molecule has 0 saturated carbocycles. The van der Waals surface area contributed by atoms with Gasteiger partial charge in [0, 0.05) is 12.5 Å². The number of hydrogen-bond donors (Lipinski definition) is 5. The van der Waals surface area contributed by atoms with Gasteiger partial charge in [0.1, 0.15) is 18.6 Å². The summed E-state index contributed by atoms with van der Waals surface area (Å²) in [6.45, 7) is 1.22. The first kappa shape index (κ1) is 21.4. The first-order valence-electron chi connectivity index (χ1n) is 8.20. The Morgan fingerprint density at radius 3 is 2.54 bits per heavy atom. The van der Waals surface area contributed by atoms with Gasteiger partial charge in [0.2, 0.25) is 23.6 Å². The number of carbonyl (C=O) groups is 5. The molecule has 146 valence electrons. The molecule has 11 heteroatoms. The minimum Gasteiger partial charge on any atom is -0.480 e. The summed E-state index contributed by atoms with van der Waals surface area (Å²) in [5, 5.41) is 16.5. The maximum Gasteiger partial charge on any atom is 0.323 e. The minimum atomic E-state index is -1.14. The molecule has 4 amide bonds. The number of amides is 4. The molecule has 26 heavy (non-hydrogen) atoms. The van der Waals surface area contributed by atoms with Gasteiger partial charge in [0.05, 0.1) is 6.54 Å². The summed E-state index contributed by atoms with van der Waals surface area (Å²) < 4.78 is 0. The molecule has 0 aromatic rings. The fourth-order valence-electron chi connectivity index (χ4n) is 2.72. The normalized spacial score (nSPS) is 20.5. The van der Waals surface area contributed by atoms with Crippen molar-refractivity contribution >= 4 is 29.6 Å². The maximum absolute atomic E-state index is 12.4. The van der Waals surface area contributed by atoms with Crippen LogP contribution in [0.1, 0.15) is 26.2 Å². The standard InChI is InChI=1S/C15H25N5O6/c1-8-5-10(15(26)20(8)7-13(23)24)19-14(25)9(3-4-11(16)21)18-12(22)6-17-2/h8-10,17H,3-7H2,1-2H3,(H2,16,21)(H,18,22)(H,19,25)(H,23,24). The van der Waals surface area contributed by atoms with Crippen LogP contribution in [0.25, 0.3) is 0 Å². The van der Waals surface area contributed by atoms with Crippen LogP contribution in [0.4, 0.5) is 0 Å². The molecule has 1 aliphatic rings. The van der Waals surface area contributed by atoms with E-state index in [0.717, 1.165) is 0 Å². The number of primary amides is 1. The average Bonchev–Trinajstić information content (AvgIpc) is 2.78. The highest BCUT2D eigenvalue weighted by Crippen LogP contribution is 2.19. The number of rotatable bonds is 10. The van der Waals surface area contributed by atoms with Crippen molar-refractivity contribution in [3.63, 3.8) is 0 Å². The van der Waals surface area contributed by atoms with Gasteiger partial charge in [-0.05, 0) is 26.8 Å². The van der Waals surface area contributed by atoms with E-state index in [1.807, 2.05) is 0 Å². The number of likely N-dealkylation sites (N-methyl/N-ethyl adjacent to an activating group) is 1. The van der Waals surface area contributed by atoms with Crippen LogP contribution in [0.15, 0.2) is 0 Å². The van der Waals surface area contributed by atoms with Gasteiger partial charge in [-0.3, -0.25) is 24.0 Å². The van der Waals surface area contributed by atoms with Crippen LogP contribution >= 0.6 is 0 Å². The van der Waals surface area contributed by atoms with Gasteiger partial charge < -0.3 is 31.7 Å². The van der Waals surface area contributed by atoms with Crippen LogP contribution in [0.5, 0.6) is 0 Å². The van der Waals surface area contributed by atoms with Gasteiger partial charge >= 0.3 is 5.97 Å². The first-order chi connectivity index (χ1) is 12.1. The predicted octanol–water partition coefficient (Wildman–Crippen LogP) is -2.85. The zero-order valence-corrected chi connectivity index (χ0v) is 14.8. The quantitative estimate of drug-likeness (QED) is 0.275. The molecular weight excluding hydrogens is 346 g/mol. The van der Waals surface area contributed by atoms with Crippen molar-refractivity contribution in [2.45, 2.75) is 44.3 Å². The number of nitrogens with one attached hydrogen (secondary N) is 3. The van der Waals surface area contributed by atoms with Gasteiger partial charge in [-0.1, -0.05) is 0 Å². The van der Waals surface area contributed by atoms with Gasteiger partial charge in [0.15, 0.2) is 0 Å². The predicted molar refractivity (Wildman–Crippen MR) is 89.6 cm³/mol. The third-order valence-corrected chi connectivity index (χ3v) is 3.98. The zero-order chi connectivity index (χ0) is 19.9. The maximum atomic E-state index is 12.4. The van der Waals surface area contributed by atoms with E-state index in [2.05, 4.69) is 16.0 Å². The lowest BCUT2D eigenvalue weighted by atomic mass is 10.1. The fourth-order valence-corrected chi connectivity index (χ4v) is 2.72. The Kier molecular flexibility index (Phi) is 7.97. The molecular formula is C15H25N5O6. The Bertz CT molecular complexity index is 581. The van der Waals surface area contributed by atoms with E-state index in [4.69, 9.17) is 10.8 Å². The summed E-state index contributed by atoms with van der Waals surface area (Å²) in [6.07, 6.45) is 0.134. The average molecular weight is 371 g/mol. The van der Waals surface area contributed by atoms with E-state index in [9.17, 15) is 24.0 Å². The highest BCUT2D eigenvalue weighted by atomic mass is 16.4. The molecule has 1 heterocycles. The van der Waals surface area contributed by atoms with Gasteiger partial charge in [0.25, 0.3) is 0 Å². The van der Waals surface area contributed by atoms with E-state index in [1.54, 1.807) is 14.0 Å². The summed E-state index contributed by atoms with van der Waals surface area (Å²) in [7, 11) is 1.56. The minimum absolute atomic E-state index is 0.00801. The lowest BCUT2D eigenvalue weighted by Crippen LogP contribution is -2.53. The van der Waals surface area contributed by atoms with E-state index >= 15 is 0 Å². The summed E-state index contributed by atoms with van der Waals surface area (Å²) >= 11 is 0. The molecule has 3 atom stereocenters. The summed E-state index contributed by atoms with van der Waals surface area (Å²) in [5.41, 5.74) is 5.09. The van der Waals surface area contributed by atoms with Crippen molar-refractivity contribution in [1.82, 2.24) is 20.9 Å². The molecule has 1 fully saturated rings. The molecule has 1 saturated heterocycles. The number of nitrogens with zero attached hydrogens (tertiary/aromatic N) is 1. The third kappa shape index (κ3) is 6.31. The van der Waals surface area contributed by atoms with E-state index < -0.39 is 48.2 Å². The fraction of sp³-hybridized carbons (Fsp3) is 0.667. The molecule has 0 spiro atoms. The summed E-state index contributed by atoms with van der Waals surface area (Å²) in [6, 6.07) is -2.25. The number of likely N-dealkylation sites (tertiary alicyclic amines) is 1. The lowest BCUT2D eigenvalue weighted by Gasteiger charge is -2.21. The van der Waals surface area contributed by atoms with Crippen molar-refractivity contribution in [3.8, 4) is 0 Å². The van der Waals surface area contributed by atoms with Crippen molar-refractivity contribution < 1.29 is 29.1 Å². The smallest absolute Gasteiger partial charge is 0.323 e. The monoisotopic (exact) mass is 371 g/mol. The number of carboxylic acid groups (broad SMARTS) is 1. The second-order valence-corrected chi connectivity index (χ2v) is 6.16. The Balaban J connectivity index is 2.75. The van der Waals surface area contributed by atoms with Crippen molar-refractivity contribution in [2.24, 2.45) is 5.73 Å². The zero-order valence-electron chi connectivity index (χ0n) is 14.8. The van der Waals surface area contributed by atoms with Crippen LogP contribution in [0.2, 0.25) is 0 Å². The number of hydrogen-bond acceptors (Lipinski definition) is 6. The lowest BCUT2D eigenvalue weighted by molar-refractivity contribution is -0.144. The molecule has 1 rings (SSSR count). The van der Waals surface area contributed by atoms with Gasteiger partial charge in [-0.15, -0.1) is 0 Å². The van der Waals surface area contributed by atoms with E-state index in [0.29, 0.717) is 0 Å². The van der Waals surface area contributed by atoms with Crippen molar-refractivity contribution in [2.75, 3.05) is 20.1 Å². The topological polar surface area (TPSA) is 171 Å². The van der Waals surface area contributed by atoms with Crippen LogP contribution < -0.4 is 21.7 Å². The molecule has 6 N–H and O–H groups in total. The third-order valence-electron chi connectivity index (χ3n) is 3.98. The highest BCUT2D eigenvalue weighted by molar-refractivity contribution is 5.94. The van der Waals surface area contributed by atoms with Crippen LogP contribution in [0, 0.1) is 0 Å². The number of carboxylic acids is 1. The Labute approximate surface area is 150 Å². The summed E-state index contributed by atoms with van der Waals surface area (Å²) in [5.74, 6) is -3.34. The first-order valence-corrected chi connectivity index (χ1v) is 8.20. The second kappa shape index (κ2) is 9.70. The summed E-state index contributed by atoms with van der Waals surface area (Å²) in [4.78, 5) is 59.4. The van der Waals surface area contributed by atoms with E-state index in [-0.39, 0.29) is 31.8 Å². The molecule has 0 aromatic carbocycles. The number of nitrogens with two attached hydrogens (primary N) is 1. The largest absolute Gasteiger partial charge is 0.480 e. The van der Waals surface area contributed by atoms with Crippen LogP contribution in [-0.4, -0.2) is 77.9 Å². The van der Waals surface area contributed by atoms with Crippen LogP contribution in [-0.2, 0) is 24.0 Å². The Hall–Kier alpha value is -2.69. The van der Waals surface area contributed by atoms with Crippen molar-refractivity contribution in [3.05, 3.63) is 0 Å². The van der Waals surface area contributed by atoms with Gasteiger partial charge in [-0.2, -0.15) is 0 Å².